The molecule has 2 bridgehead atoms. The summed E-state index contributed by atoms with van der Waals surface area (Å²) in [6.07, 6.45) is 1.37. The zero-order valence-corrected chi connectivity index (χ0v) is 14.7. The number of carbonyl (C=O) groups excluding carboxylic acids is 3. The van der Waals surface area contributed by atoms with E-state index in [0.717, 1.165) is 11.3 Å². The Morgan fingerprint density at radius 3 is 1.96 bits per heavy atom. The molecule has 3 amide bonds. The van der Waals surface area contributed by atoms with Crippen LogP contribution in [0.15, 0.2) is 24.3 Å². The number of aryl methyl sites for hydroxylation is 1. The van der Waals surface area contributed by atoms with Crippen molar-refractivity contribution < 1.29 is 14.4 Å². The Morgan fingerprint density at radius 2 is 1.46 bits per heavy atom. The summed E-state index contributed by atoms with van der Waals surface area (Å²) in [6, 6.07) is 7.60. The summed E-state index contributed by atoms with van der Waals surface area (Å²) in [5.74, 6) is -0.663. The summed E-state index contributed by atoms with van der Waals surface area (Å²) in [5, 5.41) is 5.44. The Labute approximate surface area is 142 Å². The van der Waals surface area contributed by atoms with Gasteiger partial charge in [-0.2, -0.15) is 0 Å². The van der Waals surface area contributed by atoms with Crippen LogP contribution in [0.5, 0.6) is 0 Å². The van der Waals surface area contributed by atoms with Gasteiger partial charge in [0, 0.05) is 21.9 Å². The molecule has 1 aromatic carbocycles. The fourth-order valence-corrected chi connectivity index (χ4v) is 4.58. The monoisotopic (exact) mass is 328 g/mol. The Kier molecular flexibility index (Phi) is 3.59. The van der Waals surface area contributed by atoms with Crippen molar-refractivity contribution in [1.29, 1.82) is 0 Å². The molecule has 24 heavy (non-hydrogen) atoms. The summed E-state index contributed by atoms with van der Waals surface area (Å²) in [7, 11) is 0. The Hall–Kier alpha value is -2.17. The first-order valence-corrected chi connectivity index (χ1v) is 8.31. The fourth-order valence-electron chi connectivity index (χ4n) is 4.58. The van der Waals surface area contributed by atoms with Crippen LogP contribution < -0.4 is 10.6 Å². The van der Waals surface area contributed by atoms with Crippen LogP contribution in [-0.2, 0) is 14.4 Å². The largest absolute Gasteiger partial charge is 0.326 e. The third-order valence-corrected chi connectivity index (χ3v) is 5.52. The number of carbonyl (C=O) groups is 3. The zero-order chi connectivity index (χ0) is 17.8. The quantitative estimate of drug-likeness (QED) is 0.820. The van der Waals surface area contributed by atoms with E-state index in [1.165, 1.54) is 0 Å². The molecule has 0 aromatic heterocycles. The van der Waals surface area contributed by atoms with E-state index in [4.69, 9.17) is 0 Å². The molecular weight excluding hydrogens is 304 g/mol. The number of piperidine rings is 1. The zero-order valence-electron chi connectivity index (χ0n) is 14.7. The molecule has 2 unspecified atom stereocenters. The van der Waals surface area contributed by atoms with Gasteiger partial charge in [-0.05, 0) is 38.3 Å². The highest BCUT2D eigenvalue weighted by Crippen LogP contribution is 2.56. The van der Waals surface area contributed by atoms with Crippen LogP contribution >= 0.6 is 0 Å². The summed E-state index contributed by atoms with van der Waals surface area (Å²) < 4.78 is 0. The van der Waals surface area contributed by atoms with Gasteiger partial charge in [-0.3, -0.25) is 19.7 Å². The van der Waals surface area contributed by atoms with Crippen LogP contribution in [0.25, 0.3) is 0 Å². The molecule has 128 valence electrons. The van der Waals surface area contributed by atoms with E-state index in [2.05, 4.69) is 10.6 Å². The van der Waals surface area contributed by atoms with Crippen LogP contribution in [0.3, 0.4) is 0 Å². The van der Waals surface area contributed by atoms with Crippen LogP contribution in [0.1, 0.15) is 45.6 Å². The molecule has 2 aliphatic rings. The molecular formula is C19H24N2O3. The number of rotatable bonds is 2. The van der Waals surface area contributed by atoms with Crippen molar-refractivity contribution >= 4 is 23.4 Å². The number of anilines is 1. The summed E-state index contributed by atoms with van der Waals surface area (Å²) in [4.78, 5) is 37.6. The van der Waals surface area contributed by atoms with Gasteiger partial charge >= 0.3 is 0 Å². The van der Waals surface area contributed by atoms with Crippen LogP contribution in [0, 0.1) is 23.2 Å². The molecule has 0 radical (unpaired) electrons. The number of hydrogen-bond donors (Lipinski definition) is 2. The highest BCUT2D eigenvalue weighted by molar-refractivity contribution is 6.05. The van der Waals surface area contributed by atoms with Gasteiger partial charge in [0.1, 0.15) is 0 Å². The molecule has 1 heterocycles. The lowest BCUT2D eigenvalue weighted by atomic mass is 9.52. The number of imide groups is 1. The third-order valence-electron chi connectivity index (χ3n) is 5.52. The minimum absolute atomic E-state index is 0.133. The standard InChI is InChI=1S/C19H24N2O3/c1-12-5-7-13(8-6-12)20-14(22)17(2)9-18(3)11-19(4,10-17)16(24)21-15(18)23/h5-8H,9-11H2,1-4H3,(H,20,22)(H,21,23,24). The molecule has 5 heteroatoms. The predicted molar refractivity (Wildman–Crippen MR) is 91.1 cm³/mol. The third kappa shape index (κ3) is 2.62. The molecule has 1 saturated heterocycles. The van der Waals surface area contributed by atoms with Crippen molar-refractivity contribution in [1.82, 2.24) is 5.32 Å². The molecule has 1 aliphatic heterocycles. The summed E-state index contributed by atoms with van der Waals surface area (Å²) >= 11 is 0. The molecule has 2 N–H and O–H groups in total. The highest BCUT2D eigenvalue weighted by atomic mass is 16.2. The number of nitrogens with one attached hydrogen (secondary N) is 2. The first kappa shape index (κ1) is 16.7. The molecule has 1 aromatic rings. The van der Waals surface area contributed by atoms with Gasteiger partial charge < -0.3 is 5.32 Å². The predicted octanol–water partition coefficient (Wildman–Crippen LogP) is 2.79. The smallest absolute Gasteiger partial charge is 0.232 e. The van der Waals surface area contributed by atoms with E-state index in [-0.39, 0.29) is 17.7 Å². The molecule has 0 spiro atoms. The van der Waals surface area contributed by atoms with Crippen LogP contribution in [0.2, 0.25) is 0 Å². The molecule has 2 fully saturated rings. The highest BCUT2D eigenvalue weighted by Gasteiger charge is 2.60. The van der Waals surface area contributed by atoms with Gasteiger partial charge in [-0.25, -0.2) is 0 Å². The van der Waals surface area contributed by atoms with Crippen molar-refractivity contribution in [2.24, 2.45) is 16.2 Å². The minimum Gasteiger partial charge on any atom is -0.326 e. The van der Waals surface area contributed by atoms with E-state index in [0.29, 0.717) is 19.3 Å². The Balaban J connectivity index is 1.89. The van der Waals surface area contributed by atoms with E-state index in [1.54, 1.807) is 0 Å². The van der Waals surface area contributed by atoms with Crippen LogP contribution in [-0.4, -0.2) is 17.7 Å². The molecule has 1 saturated carbocycles. The molecule has 3 rings (SSSR count). The lowest BCUT2D eigenvalue weighted by Crippen LogP contribution is -2.63. The maximum Gasteiger partial charge on any atom is 0.232 e. The van der Waals surface area contributed by atoms with Crippen LogP contribution in [0.4, 0.5) is 5.69 Å². The second-order valence-corrected chi connectivity index (χ2v) is 8.32. The lowest BCUT2D eigenvalue weighted by Gasteiger charge is -2.53. The second kappa shape index (κ2) is 5.16. The Morgan fingerprint density at radius 1 is 0.958 bits per heavy atom. The topological polar surface area (TPSA) is 75.3 Å². The van der Waals surface area contributed by atoms with Gasteiger partial charge in [-0.1, -0.05) is 38.5 Å². The van der Waals surface area contributed by atoms with E-state index < -0.39 is 16.2 Å². The van der Waals surface area contributed by atoms with Crippen molar-refractivity contribution in [3.63, 3.8) is 0 Å². The average molecular weight is 328 g/mol. The molecule has 2 atom stereocenters. The van der Waals surface area contributed by atoms with Gasteiger partial charge in [-0.15, -0.1) is 0 Å². The van der Waals surface area contributed by atoms with Gasteiger partial charge in [0.2, 0.25) is 17.7 Å². The maximum absolute atomic E-state index is 12.9. The lowest BCUT2D eigenvalue weighted by molar-refractivity contribution is -0.163. The second-order valence-electron chi connectivity index (χ2n) is 8.32. The Bertz CT molecular complexity index is 697. The normalized spacial score (nSPS) is 35.3. The van der Waals surface area contributed by atoms with Gasteiger partial charge in [0.15, 0.2) is 0 Å². The maximum atomic E-state index is 12.9. The minimum atomic E-state index is -0.764. The molecule has 5 nitrogen and oxygen atoms in total. The van der Waals surface area contributed by atoms with E-state index >= 15 is 0 Å². The first-order chi connectivity index (χ1) is 11.1. The first-order valence-electron chi connectivity index (χ1n) is 8.31. The number of amides is 3. The summed E-state index contributed by atoms with van der Waals surface area (Å²) in [5.41, 5.74) is -0.303. The van der Waals surface area contributed by atoms with Crippen molar-refractivity contribution in [2.45, 2.75) is 47.0 Å². The fraction of sp³-hybridized carbons (Fsp3) is 0.526. The summed E-state index contributed by atoms with van der Waals surface area (Å²) in [6.45, 7) is 7.55. The van der Waals surface area contributed by atoms with Crippen molar-refractivity contribution in [3.8, 4) is 0 Å². The van der Waals surface area contributed by atoms with Crippen molar-refractivity contribution in [3.05, 3.63) is 29.8 Å². The van der Waals surface area contributed by atoms with E-state index in [1.807, 2.05) is 52.0 Å². The van der Waals surface area contributed by atoms with Gasteiger partial charge in [0.05, 0.1) is 0 Å². The SMILES string of the molecule is Cc1ccc(NC(=O)C2(C)CC3(C)CC(C)(C2)C(=O)NC3=O)cc1. The van der Waals surface area contributed by atoms with Crippen molar-refractivity contribution in [2.75, 3.05) is 5.32 Å². The number of benzene rings is 1. The van der Waals surface area contributed by atoms with E-state index in [9.17, 15) is 14.4 Å². The van der Waals surface area contributed by atoms with Gasteiger partial charge in [0.25, 0.3) is 0 Å². The number of hydrogen-bond acceptors (Lipinski definition) is 3. The number of fused-ring (bicyclic) bond motifs is 2. The molecule has 1 aliphatic carbocycles. The average Bonchev–Trinajstić information content (AvgIpc) is 2.47.